The lowest BCUT2D eigenvalue weighted by atomic mass is 9.93. The Labute approximate surface area is 73.9 Å². The monoisotopic (exact) mass is 170 g/mol. The third-order valence-electron chi connectivity index (χ3n) is 1.93. The van der Waals surface area contributed by atoms with Crippen molar-refractivity contribution in [3.8, 4) is 0 Å². The summed E-state index contributed by atoms with van der Waals surface area (Å²) in [5, 5.41) is 5.79. The van der Waals surface area contributed by atoms with Crippen LogP contribution >= 0.6 is 0 Å². The minimum atomic E-state index is -0.131. The van der Waals surface area contributed by atoms with Gasteiger partial charge in [0.05, 0.1) is 0 Å². The van der Waals surface area contributed by atoms with Crippen molar-refractivity contribution in [1.82, 2.24) is 10.6 Å². The SMILES string of the molecule is CC(C)(C)NC(=O)NC1CCC1. The van der Waals surface area contributed by atoms with E-state index < -0.39 is 0 Å². The van der Waals surface area contributed by atoms with Crippen LogP contribution in [-0.2, 0) is 0 Å². The molecule has 0 atom stereocenters. The Balaban J connectivity index is 2.19. The molecule has 3 nitrogen and oxygen atoms in total. The van der Waals surface area contributed by atoms with Gasteiger partial charge in [0, 0.05) is 11.6 Å². The largest absolute Gasteiger partial charge is 0.335 e. The fraction of sp³-hybridized carbons (Fsp3) is 0.889. The molecule has 0 aliphatic heterocycles. The van der Waals surface area contributed by atoms with Gasteiger partial charge in [0.15, 0.2) is 0 Å². The number of carbonyl (C=O) groups is 1. The molecule has 1 fully saturated rings. The Hall–Kier alpha value is -0.730. The molecule has 2 amide bonds. The van der Waals surface area contributed by atoms with Gasteiger partial charge in [0.1, 0.15) is 0 Å². The third-order valence-corrected chi connectivity index (χ3v) is 1.93. The van der Waals surface area contributed by atoms with Gasteiger partial charge in [-0.15, -0.1) is 0 Å². The Bertz CT molecular complexity index is 168. The Morgan fingerprint density at radius 2 is 1.92 bits per heavy atom. The highest BCUT2D eigenvalue weighted by molar-refractivity contribution is 5.75. The summed E-state index contributed by atoms with van der Waals surface area (Å²) in [4.78, 5) is 11.2. The van der Waals surface area contributed by atoms with Crippen molar-refractivity contribution in [2.45, 2.75) is 51.6 Å². The van der Waals surface area contributed by atoms with E-state index in [1.165, 1.54) is 6.42 Å². The molecule has 0 aromatic rings. The first-order chi connectivity index (χ1) is 5.47. The molecule has 0 unspecified atom stereocenters. The summed E-state index contributed by atoms with van der Waals surface area (Å²) >= 11 is 0. The Kier molecular flexibility index (Phi) is 2.60. The molecule has 0 aromatic heterocycles. The van der Waals surface area contributed by atoms with Crippen molar-refractivity contribution >= 4 is 6.03 Å². The van der Waals surface area contributed by atoms with Crippen LogP contribution in [0.4, 0.5) is 4.79 Å². The molecular weight excluding hydrogens is 152 g/mol. The Morgan fingerprint density at radius 3 is 2.25 bits per heavy atom. The number of urea groups is 1. The van der Waals surface area contributed by atoms with Crippen LogP contribution in [-0.4, -0.2) is 17.6 Å². The van der Waals surface area contributed by atoms with Crippen LogP contribution in [0.1, 0.15) is 40.0 Å². The van der Waals surface area contributed by atoms with E-state index in [4.69, 9.17) is 0 Å². The van der Waals surface area contributed by atoms with Crippen LogP contribution in [0.3, 0.4) is 0 Å². The van der Waals surface area contributed by atoms with Crippen molar-refractivity contribution in [2.24, 2.45) is 0 Å². The number of amides is 2. The second kappa shape index (κ2) is 3.33. The number of carbonyl (C=O) groups excluding carboxylic acids is 1. The van der Waals surface area contributed by atoms with Gasteiger partial charge in [-0.1, -0.05) is 0 Å². The molecule has 0 bridgehead atoms. The Morgan fingerprint density at radius 1 is 1.33 bits per heavy atom. The second-order valence-corrected chi connectivity index (χ2v) is 4.48. The lowest BCUT2D eigenvalue weighted by Gasteiger charge is -2.29. The van der Waals surface area contributed by atoms with E-state index in [2.05, 4.69) is 10.6 Å². The van der Waals surface area contributed by atoms with E-state index in [-0.39, 0.29) is 11.6 Å². The molecule has 12 heavy (non-hydrogen) atoms. The maximum absolute atomic E-state index is 11.2. The minimum absolute atomic E-state index is 0.0350. The number of rotatable bonds is 1. The number of hydrogen-bond donors (Lipinski definition) is 2. The highest BCUT2D eigenvalue weighted by atomic mass is 16.2. The van der Waals surface area contributed by atoms with E-state index in [0.717, 1.165) is 12.8 Å². The first-order valence-corrected chi connectivity index (χ1v) is 4.56. The first kappa shape index (κ1) is 9.36. The van der Waals surface area contributed by atoms with Gasteiger partial charge in [0.25, 0.3) is 0 Å². The standard InChI is InChI=1S/C9H18N2O/c1-9(2,3)11-8(12)10-7-5-4-6-7/h7H,4-6H2,1-3H3,(H2,10,11,12). The van der Waals surface area contributed by atoms with Gasteiger partial charge in [0.2, 0.25) is 0 Å². The van der Waals surface area contributed by atoms with Crippen molar-refractivity contribution < 1.29 is 4.79 Å². The zero-order chi connectivity index (χ0) is 9.19. The molecule has 1 saturated carbocycles. The number of nitrogens with one attached hydrogen (secondary N) is 2. The fourth-order valence-electron chi connectivity index (χ4n) is 1.11. The molecule has 0 saturated heterocycles. The normalized spacial score (nSPS) is 18.2. The van der Waals surface area contributed by atoms with E-state index in [9.17, 15) is 4.79 Å². The summed E-state index contributed by atoms with van der Waals surface area (Å²) in [5.41, 5.74) is -0.131. The van der Waals surface area contributed by atoms with Crippen molar-refractivity contribution in [3.63, 3.8) is 0 Å². The van der Waals surface area contributed by atoms with Crippen LogP contribution < -0.4 is 10.6 Å². The molecule has 1 aliphatic carbocycles. The van der Waals surface area contributed by atoms with Gasteiger partial charge in [-0.3, -0.25) is 0 Å². The lowest BCUT2D eigenvalue weighted by Crippen LogP contribution is -2.51. The maximum Gasteiger partial charge on any atom is 0.315 e. The van der Waals surface area contributed by atoms with Gasteiger partial charge in [-0.05, 0) is 40.0 Å². The van der Waals surface area contributed by atoms with Crippen LogP contribution in [0.5, 0.6) is 0 Å². The topological polar surface area (TPSA) is 41.1 Å². The molecule has 0 radical (unpaired) electrons. The van der Waals surface area contributed by atoms with E-state index in [1.807, 2.05) is 20.8 Å². The fourth-order valence-corrected chi connectivity index (χ4v) is 1.11. The zero-order valence-electron chi connectivity index (χ0n) is 8.11. The molecule has 1 rings (SSSR count). The highest BCUT2D eigenvalue weighted by Crippen LogP contribution is 2.17. The van der Waals surface area contributed by atoms with Gasteiger partial charge in [-0.25, -0.2) is 4.79 Å². The van der Waals surface area contributed by atoms with Gasteiger partial charge in [-0.2, -0.15) is 0 Å². The first-order valence-electron chi connectivity index (χ1n) is 4.56. The van der Waals surface area contributed by atoms with E-state index >= 15 is 0 Å². The average Bonchev–Trinajstić information content (AvgIpc) is 1.74. The highest BCUT2D eigenvalue weighted by Gasteiger charge is 2.21. The van der Waals surface area contributed by atoms with Crippen molar-refractivity contribution in [3.05, 3.63) is 0 Å². The third kappa shape index (κ3) is 3.11. The zero-order valence-corrected chi connectivity index (χ0v) is 8.11. The lowest BCUT2D eigenvalue weighted by molar-refractivity contribution is 0.220. The molecule has 0 spiro atoms. The molecule has 0 aromatic carbocycles. The predicted octanol–water partition coefficient (Wildman–Crippen LogP) is 1.64. The van der Waals surface area contributed by atoms with Crippen LogP contribution in [0.2, 0.25) is 0 Å². The van der Waals surface area contributed by atoms with Crippen LogP contribution in [0.25, 0.3) is 0 Å². The number of hydrogen-bond acceptors (Lipinski definition) is 1. The van der Waals surface area contributed by atoms with E-state index in [1.54, 1.807) is 0 Å². The van der Waals surface area contributed by atoms with E-state index in [0.29, 0.717) is 6.04 Å². The van der Waals surface area contributed by atoms with Crippen LogP contribution in [0.15, 0.2) is 0 Å². The van der Waals surface area contributed by atoms with Crippen LogP contribution in [0, 0.1) is 0 Å². The van der Waals surface area contributed by atoms with Crippen molar-refractivity contribution in [2.75, 3.05) is 0 Å². The molecule has 70 valence electrons. The molecule has 2 N–H and O–H groups in total. The summed E-state index contributed by atoms with van der Waals surface area (Å²) in [5.74, 6) is 0. The summed E-state index contributed by atoms with van der Waals surface area (Å²) in [6.07, 6.45) is 3.52. The summed E-state index contributed by atoms with van der Waals surface area (Å²) in [6.45, 7) is 5.94. The summed E-state index contributed by atoms with van der Waals surface area (Å²) < 4.78 is 0. The quantitative estimate of drug-likeness (QED) is 0.617. The molecular formula is C9H18N2O. The molecule has 0 heterocycles. The van der Waals surface area contributed by atoms with Gasteiger partial charge < -0.3 is 10.6 Å². The van der Waals surface area contributed by atoms with Gasteiger partial charge >= 0.3 is 6.03 Å². The smallest absolute Gasteiger partial charge is 0.315 e. The summed E-state index contributed by atoms with van der Waals surface area (Å²) in [6, 6.07) is 0.388. The second-order valence-electron chi connectivity index (χ2n) is 4.48. The molecule has 1 aliphatic rings. The summed E-state index contributed by atoms with van der Waals surface area (Å²) in [7, 11) is 0. The minimum Gasteiger partial charge on any atom is -0.335 e. The predicted molar refractivity (Wildman–Crippen MR) is 49.1 cm³/mol. The molecule has 3 heteroatoms. The van der Waals surface area contributed by atoms with Crippen molar-refractivity contribution in [1.29, 1.82) is 0 Å². The average molecular weight is 170 g/mol. The maximum atomic E-state index is 11.2.